The molecular weight excluding hydrogens is 217 g/mol. The molecule has 0 radical (unpaired) electrons. The van der Waals surface area contributed by atoms with Gasteiger partial charge in [0.25, 0.3) is 0 Å². The molecule has 0 aromatic heterocycles. The maximum absolute atomic E-state index is 10.5. The van der Waals surface area contributed by atoms with Crippen LogP contribution in [0.1, 0.15) is 19.8 Å². The van der Waals surface area contributed by atoms with Crippen LogP contribution in [-0.4, -0.2) is 23.6 Å². The second kappa shape index (κ2) is 8.50. The van der Waals surface area contributed by atoms with E-state index in [0.29, 0.717) is 25.9 Å². The van der Waals surface area contributed by atoms with E-state index < -0.39 is 5.54 Å². The monoisotopic (exact) mass is 233 g/mol. The molecule has 0 atom stereocenters. The van der Waals surface area contributed by atoms with Crippen LogP contribution in [0, 0.1) is 10.1 Å². The SMILES string of the molecule is CC(CCN)(CCN)[N+](=O)[O-].Cl.Cl. The van der Waals surface area contributed by atoms with Crippen LogP contribution in [0.25, 0.3) is 0 Å². The lowest BCUT2D eigenvalue weighted by atomic mass is 9.95. The third kappa shape index (κ3) is 6.04. The molecule has 0 aromatic carbocycles. The van der Waals surface area contributed by atoms with Gasteiger partial charge < -0.3 is 11.5 Å². The van der Waals surface area contributed by atoms with Crippen molar-refractivity contribution in [2.45, 2.75) is 25.3 Å². The van der Waals surface area contributed by atoms with Gasteiger partial charge in [0, 0.05) is 24.7 Å². The molecule has 0 aliphatic rings. The molecule has 0 aliphatic carbocycles. The van der Waals surface area contributed by atoms with Gasteiger partial charge in [-0.25, -0.2) is 0 Å². The lowest BCUT2D eigenvalue weighted by Gasteiger charge is -2.18. The van der Waals surface area contributed by atoms with Gasteiger partial charge in [0.1, 0.15) is 0 Å². The van der Waals surface area contributed by atoms with Crippen LogP contribution in [0.3, 0.4) is 0 Å². The molecule has 13 heavy (non-hydrogen) atoms. The van der Waals surface area contributed by atoms with Crippen molar-refractivity contribution >= 4 is 24.8 Å². The first kappa shape index (κ1) is 18.6. The molecule has 82 valence electrons. The highest BCUT2D eigenvalue weighted by atomic mass is 35.5. The fourth-order valence-electron chi connectivity index (χ4n) is 0.929. The summed E-state index contributed by atoms with van der Waals surface area (Å²) < 4.78 is 0. The summed E-state index contributed by atoms with van der Waals surface area (Å²) in [6, 6.07) is 0. The predicted molar refractivity (Wildman–Crippen MR) is 57.2 cm³/mol. The summed E-state index contributed by atoms with van der Waals surface area (Å²) in [7, 11) is 0. The normalized spacial score (nSPS) is 9.77. The number of nitro groups is 1. The van der Waals surface area contributed by atoms with Crippen LogP contribution in [0.2, 0.25) is 0 Å². The Hall–Kier alpha value is -0.100. The Morgan fingerprint density at radius 1 is 1.23 bits per heavy atom. The van der Waals surface area contributed by atoms with E-state index in [1.165, 1.54) is 0 Å². The van der Waals surface area contributed by atoms with Crippen molar-refractivity contribution in [1.82, 2.24) is 0 Å². The first-order valence-electron chi connectivity index (χ1n) is 3.61. The molecule has 0 bridgehead atoms. The predicted octanol–water partition coefficient (Wildman–Crippen LogP) is 0.563. The van der Waals surface area contributed by atoms with E-state index in [1.54, 1.807) is 6.92 Å². The highest BCUT2D eigenvalue weighted by molar-refractivity contribution is 5.85. The highest BCUT2D eigenvalue weighted by Gasteiger charge is 2.34. The fourth-order valence-corrected chi connectivity index (χ4v) is 0.929. The molecule has 0 fully saturated rings. The molecule has 0 spiro atoms. The summed E-state index contributed by atoms with van der Waals surface area (Å²) in [4.78, 5) is 10.2. The Balaban J connectivity index is -0.000000500. The lowest BCUT2D eigenvalue weighted by Crippen LogP contribution is -2.39. The maximum Gasteiger partial charge on any atom is 0.221 e. The Morgan fingerprint density at radius 3 is 1.69 bits per heavy atom. The van der Waals surface area contributed by atoms with E-state index in [-0.39, 0.29) is 29.7 Å². The molecule has 0 aliphatic heterocycles. The highest BCUT2D eigenvalue weighted by Crippen LogP contribution is 2.16. The summed E-state index contributed by atoms with van der Waals surface area (Å²) in [5, 5.41) is 10.5. The van der Waals surface area contributed by atoms with Crippen LogP contribution in [0.15, 0.2) is 0 Å². The van der Waals surface area contributed by atoms with Gasteiger partial charge in [0.15, 0.2) is 0 Å². The van der Waals surface area contributed by atoms with Gasteiger partial charge in [0.2, 0.25) is 5.54 Å². The van der Waals surface area contributed by atoms with E-state index >= 15 is 0 Å². The molecular formula is C6H17Cl2N3O2. The molecule has 0 heterocycles. The number of hydrogen-bond acceptors (Lipinski definition) is 4. The van der Waals surface area contributed by atoms with E-state index in [9.17, 15) is 10.1 Å². The van der Waals surface area contributed by atoms with Gasteiger partial charge >= 0.3 is 0 Å². The zero-order valence-electron chi connectivity index (χ0n) is 7.56. The Labute approximate surface area is 90.2 Å². The first-order valence-corrected chi connectivity index (χ1v) is 3.61. The van der Waals surface area contributed by atoms with Crippen LogP contribution in [0.4, 0.5) is 0 Å². The summed E-state index contributed by atoms with van der Waals surface area (Å²) in [5.41, 5.74) is 9.55. The number of halogens is 2. The van der Waals surface area contributed by atoms with Crippen molar-refractivity contribution < 1.29 is 4.92 Å². The second-order valence-corrected chi connectivity index (χ2v) is 2.83. The second-order valence-electron chi connectivity index (χ2n) is 2.83. The summed E-state index contributed by atoms with van der Waals surface area (Å²) in [5.74, 6) is 0. The minimum absolute atomic E-state index is 0. The molecule has 0 saturated carbocycles. The molecule has 5 nitrogen and oxygen atoms in total. The number of rotatable bonds is 5. The van der Waals surface area contributed by atoms with Gasteiger partial charge in [-0.2, -0.15) is 0 Å². The minimum Gasteiger partial charge on any atom is -0.330 e. The van der Waals surface area contributed by atoms with Crippen molar-refractivity contribution in [2.75, 3.05) is 13.1 Å². The average molecular weight is 234 g/mol. The summed E-state index contributed by atoms with van der Waals surface area (Å²) in [6.07, 6.45) is 0.772. The van der Waals surface area contributed by atoms with Crippen LogP contribution >= 0.6 is 24.8 Å². The summed E-state index contributed by atoms with van der Waals surface area (Å²) in [6.45, 7) is 2.24. The van der Waals surface area contributed by atoms with Gasteiger partial charge in [0.05, 0.1) is 0 Å². The van der Waals surface area contributed by atoms with E-state index in [4.69, 9.17) is 11.5 Å². The number of nitrogens with zero attached hydrogens (tertiary/aromatic N) is 1. The maximum atomic E-state index is 10.5. The molecule has 0 saturated heterocycles. The molecule has 0 amide bonds. The van der Waals surface area contributed by atoms with Gasteiger partial charge in [-0.1, -0.05) is 0 Å². The van der Waals surface area contributed by atoms with E-state index in [2.05, 4.69) is 0 Å². The molecule has 7 heteroatoms. The zero-order valence-corrected chi connectivity index (χ0v) is 9.20. The van der Waals surface area contributed by atoms with Crippen molar-refractivity contribution in [2.24, 2.45) is 11.5 Å². The molecule has 0 rings (SSSR count). The number of nitrogens with two attached hydrogens (primary N) is 2. The fraction of sp³-hybridized carbons (Fsp3) is 1.00. The van der Waals surface area contributed by atoms with Gasteiger partial charge in [-0.05, 0) is 13.1 Å². The largest absolute Gasteiger partial charge is 0.330 e. The van der Waals surface area contributed by atoms with Crippen LogP contribution < -0.4 is 11.5 Å². The quantitative estimate of drug-likeness (QED) is 0.536. The smallest absolute Gasteiger partial charge is 0.221 e. The molecule has 0 unspecified atom stereocenters. The Bertz CT molecular complexity index is 140. The summed E-state index contributed by atoms with van der Waals surface area (Å²) >= 11 is 0. The Morgan fingerprint density at radius 2 is 1.54 bits per heavy atom. The van der Waals surface area contributed by atoms with Crippen molar-refractivity contribution in [3.8, 4) is 0 Å². The van der Waals surface area contributed by atoms with Crippen LogP contribution in [-0.2, 0) is 0 Å². The van der Waals surface area contributed by atoms with Crippen molar-refractivity contribution in [3.05, 3.63) is 10.1 Å². The zero-order chi connectivity index (χ0) is 8.91. The van der Waals surface area contributed by atoms with Gasteiger partial charge in [-0.3, -0.25) is 10.1 Å². The molecule has 0 aromatic rings. The van der Waals surface area contributed by atoms with E-state index in [0.717, 1.165) is 0 Å². The third-order valence-corrected chi connectivity index (χ3v) is 1.81. The third-order valence-electron chi connectivity index (χ3n) is 1.81. The van der Waals surface area contributed by atoms with E-state index in [1.807, 2.05) is 0 Å². The number of hydrogen-bond donors (Lipinski definition) is 2. The average Bonchev–Trinajstić information content (AvgIpc) is 1.88. The van der Waals surface area contributed by atoms with Gasteiger partial charge in [-0.15, -0.1) is 24.8 Å². The molecule has 4 N–H and O–H groups in total. The van der Waals surface area contributed by atoms with Crippen LogP contribution in [0.5, 0.6) is 0 Å². The van der Waals surface area contributed by atoms with Crippen molar-refractivity contribution in [1.29, 1.82) is 0 Å². The first-order chi connectivity index (χ1) is 5.06. The minimum atomic E-state index is -0.927. The topological polar surface area (TPSA) is 95.2 Å². The van der Waals surface area contributed by atoms with Crippen molar-refractivity contribution in [3.63, 3.8) is 0 Å². The Kier molecular flexibility index (Phi) is 12.2. The lowest BCUT2D eigenvalue weighted by molar-refractivity contribution is -0.566. The standard InChI is InChI=1S/C6H15N3O2.2ClH/c1-6(2-4-7,3-5-8)9(10)11;;/h2-5,7-8H2,1H3;2*1H.